The zero-order valence-electron chi connectivity index (χ0n) is 10.6. The van der Waals surface area contributed by atoms with Crippen molar-refractivity contribution in [3.8, 4) is 0 Å². The molecule has 0 atom stereocenters. The van der Waals surface area contributed by atoms with Gasteiger partial charge in [0.15, 0.2) is 0 Å². The second kappa shape index (κ2) is 5.57. The summed E-state index contributed by atoms with van der Waals surface area (Å²) in [7, 11) is 1.63. The van der Waals surface area contributed by atoms with E-state index < -0.39 is 9.05 Å². The fourth-order valence-electron chi connectivity index (χ4n) is 1.58. The Morgan fingerprint density at radius 2 is 1.47 bits per heavy atom. The molecule has 0 saturated heterocycles. The molecule has 2 aromatic rings. The molecular formula is C14H13ClO2S2. The highest BCUT2D eigenvalue weighted by Gasteiger charge is 2.09. The van der Waals surface area contributed by atoms with Gasteiger partial charge in [-0.1, -0.05) is 17.8 Å². The van der Waals surface area contributed by atoms with Crippen LogP contribution < -0.4 is 0 Å². The minimum atomic E-state index is -3.64. The Balaban J connectivity index is 2.22. The minimum Gasteiger partial charge on any atom is -0.207 e. The summed E-state index contributed by atoms with van der Waals surface area (Å²) in [5, 5.41) is 0. The summed E-state index contributed by atoms with van der Waals surface area (Å²) in [6, 6.07) is 12.8. The van der Waals surface area contributed by atoms with Crippen molar-refractivity contribution in [3.63, 3.8) is 0 Å². The molecule has 0 heterocycles. The second-order valence-corrected chi connectivity index (χ2v) is 7.97. The van der Waals surface area contributed by atoms with E-state index in [-0.39, 0.29) is 4.90 Å². The van der Waals surface area contributed by atoms with Gasteiger partial charge in [0.05, 0.1) is 4.90 Å². The van der Waals surface area contributed by atoms with E-state index in [1.807, 2.05) is 0 Å². The smallest absolute Gasteiger partial charge is 0.207 e. The van der Waals surface area contributed by atoms with Gasteiger partial charge in [-0.15, -0.1) is 0 Å². The number of hydrogen-bond donors (Lipinski definition) is 0. The lowest BCUT2D eigenvalue weighted by Gasteiger charge is -2.05. The van der Waals surface area contributed by atoms with E-state index in [0.29, 0.717) is 0 Å². The zero-order chi connectivity index (χ0) is 14.0. The largest absolute Gasteiger partial charge is 0.261 e. The number of hydrogen-bond acceptors (Lipinski definition) is 3. The number of aryl methyl sites for hydroxylation is 2. The number of rotatable bonds is 3. The maximum atomic E-state index is 11.1. The SMILES string of the molecule is Cc1ccc(Sc2ccc(S(=O)(=O)Cl)cc2)cc1C. The fraction of sp³-hybridized carbons (Fsp3) is 0.143. The van der Waals surface area contributed by atoms with Gasteiger partial charge in [-0.3, -0.25) is 0 Å². The third kappa shape index (κ3) is 3.75. The van der Waals surface area contributed by atoms with Crippen LogP contribution in [-0.4, -0.2) is 8.42 Å². The van der Waals surface area contributed by atoms with Gasteiger partial charge in [0.1, 0.15) is 0 Å². The molecular weight excluding hydrogens is 300 g/mol. The Bertz CT molecular complexity index is 692. The van der Waals surface area contributed by atoms with Crippen molar-refractivity contribution in [1.29, 1.82) is 0 Å². The van der Waals surface area contributed by atoms with Crippen LogP contribution in [0.4, 0.5) is 0 Å². The molecule has 2 nitrogen and oxygen atoms in total. The summed E-state index contributed by atoms with van der Waals surface area (Å²) in [5.41, 5.74) is 2.50. The molecule has 0 unspecified atom stereocenters. The van der Waals surface area contributed by atoms with Crippen molar-refractivity contribution < 1.29 is 8.42 Å². The maximum Gasteiger partial charge on any atom is 0.261 e. The Morgan fingerprint density at radius 1 is 0.895 bits per heavy atom. The molecule has 19 heavy (non-hydrogen) atoms. The van der Waals surface area contributed by atoms with E-state index in [4.69, 9.17) is 10.7 Å². The first-order valence-corrected chi connectivity index (χ1v) is 8.79. The molecule has 5 heteroatoms. The molecule has 2 aromatic carbocycles. The van der Waals surface area contributed by atoms with Gasteiger partial charge in [-0.05, 0) is 61.4 Å². The molecule has 0 bridgehead atoms. The van der Waals surface area contributed by atoms with E-state index in [0.717, 1.165) is 9.79 Å². The van der Waals surface area contributed by atoms with Crippen LogP contribution in [0.3, 0.4) is 0 Å². The monoisotopic (exact) mass is 312 g/mol. The van der Waals surface area contributed by atoms with Gasteiger partial charge in [0.25, 0.3) is 9.05 Å². The molecule has 2 rings (SSSR count). The van der Waals surface area contributed by atoms with Gasteiger partial charge in [-0.2, -0.15) is 0 Å². The highest BCUT2D eigenvalue weighted by atomic mass is 35.7. The van der Waals surface area contributed by atoms with Crippen LogP contribution in [-0.2, 0) is 9.05 Å². The predicted octanol–water partition coefficient (Wildman–Crippen LogP) is 4.38. The highest BCUT2D eigenvalue weighted by Crippen LogP contribution is 2.30. The van der Waals surface area contributed by atoms with Crippen molar-refractivity contribution in [3.05, 3.63) is 53.6 Å². The first-order valence-electron chi connectivity index (χ1n) is 5.66. The standard InChI is InChI=1S/C14H13ClO2S2/c1-10-3-4-13(9-11(10)2)18-12-5-7-14(8-6-12)19(15,16)17/h3-9H,1-2H3. The van der Waals surface area contributed by atoms with Gasteiger partial charge in [-0.25, -0.2) is 8.42 Å². The number of halogens is 1. The van der Waals surface area contributed by atoms with Crippen LogP contribution in [0.1, 0.15) is 11.1 Å². The van der Waals surface area contributed by atoms with Crippen LogP contribution in [0.25, 0.3) is 0 Å². The Kier molecular flexibility index (Phi) is 4.23. The molecule has 0 radical (unpaired) electrons. The zero-order valence-corrected chi connectivity index (χ0v) is 12.9. The quantitative estimate of drug-likeness (QED) is 0.789. The third-order valence-corrected chi connectivity index (χ3v) is 5.19. The summed E-state index contributed by atoms with van der Waals surface area (Å²) in [6.07, 6.45) is 0. The van der Waals surface area contributed by atoms with Crippen molar-refractivity contribution in [2.45, 2.75) is 28.5 Å². The first kappa shape index (κ1) is 14.4. The highest BCUT2D eigenvalue weighted by molar-refractivity contribution is 8.13. The summed E-state index contributed by atoms with van der Waals surface area (Å²) < 4.78 is 22.3. The fourth-order valence-corrected chi connectivity index (χ4v) is 3.27. The molecule has 0 saturated carbocycles. The summed E-state index contributed by atoms with van der Waals surface area (Å²) in [4.78, 5) is 2.23. The summed E-state index contributed by atoms with van der Waals surface area (Å²) in [6.45, 7) is 4.15. The third-order valence-electron chi connectivity index (χ3n) is 2.82. The first-order chi connectivity index (χ1) is 8.86. The molecule has 0 fully saturated rings. The van der Waals surface area contributed by atoms with Gasteiger partial charge in [0, 0.05) is 20.5 Å². The van der Waals surface area contributed by atoms with E-state index in [1.54, 1.807) is 23.9 Å². The summed E-state index contributed by atoms with van der Waals surface area (Å²) >= 11 is 1.59. The van der Waals surface area contributed by atoms with Crippen molar-refractivity contribution in [1.82, 2.24) is 0 Å². The predicted molar refractivity (Wildman–Crippen MR) is 79.5 cm³/mol. The average Bonchev–Trinajstić information content (AvgIpc) is 2.33. The van der Waals surface area contributed by atoms with Crippen LogP contribution in [0, 0.1) is 13.8 Å². The van der Waals surface area contributed by atoms with Crippen molar-refractivity contribution >= 4 is 31.5 Å². The normalized spacial score (nSPS) is 11.5. The lowest BCUT2D eigenvalue weighted by atomic mass is 10.1. The molecule has 0 amide bonds. The lowest BCUT2D eigenvalue weighted by molar-refractivity contribution is 0.609. The molecule has 0 N–H and O–H groups in total. The Labute approximate surface area is 122 Å². The van der Waals surface area contributed by atoms with Gasteiger partial charge >= 0.3 is 0 Å². The van der Waals surface area contributed by atoms with E-state index >= 15 is 0 Å². The topological polar surface area (TPSA) is 34.1 Å². The molecule has 0 aromatic heterocycles. The molecule has 100 valence electrons. The number of benzene rings is 2. The van der Waals surface area contributed by atoms with Crippen LogP contribution in [0.2, 0.25) is 0 Å². The minimum absolute atomic E-state index is 0.124. The average molecular weight is 313 g/mol. The van der Waals surface area contributed by atoms with Gasteiger partial charge in [0.2, 0.25) is 0 Å². The molecule has 0 aliphatic carbocycles. The second-order valence-electron chi connectivity index (χ2n) is 4.26. The Morgan fingerprint density at radius 3 is 2.00 bits per heavy atom. The lowest BCUT2D eigenvalue weighted by Crippen LogP contribution is -1.89. The molecule has 0 aliphatic rings. The van der Waals surface area contributed by atoms with Crippen LogP contribution in [0.5, 0.6) is 0 Å². The maximum absolute atomic E-state index is 11.1. The van der Waals surface area contributed by atoms with E-state index in [2.05, 4.69) is 32.0 Å². The van der Waals surface area contributed by atoms with E-state index in [9.17, 15) is 8.42 Å². The summed E-state index contributed by atoms with van der Waals surface area (Å²) in [5.74, 6) is 0. The van der Waals surface area contributed by atoms with Crippen LogP contribution >= 0.6 is 22.4 Å². The molecule has 0 aliphatic heterocycles. The van der Waals surface area contributed by atoms with Crippen molar-refractivity contribution in [2.24, 2.45) is 0 Å². The molecule has 0 spiro atoms. The van der Waals surface area contributed by atoms with Crippen LogP contribution in [0.15, 0.2) is 57.2 Å². The van der Waals surface area contributed by atoms with Gasteiger partial charge < -0.3 is 0 Å². The van der Waals surface area contributed by atoms with Crippen molar-refractivity contribution in [2.75, 3.05) is 0 Å². The van der Waals surface area contributed by atoms with E-state index in [1.165, 1.54) is 23.3 Å². The Hall–Kier alpha value is -0.970.